The molecule has 0 aliphatic carbocycles. The predicted octanol–water partition coefficient (Wildman–Crippen LogP) is 3.35. The van der Waals surface area contributed by atoms with E-state index in [2.05, 4.69) is 25.3 Å². The lowest BCUT2D eigenvalue weighted by Crippen LogP contribution is -2.39. The van der Waals surface area contributed by atoms with Crippen molar-refractivity contribution in [3.05, 3.63) is 54.0 Å². The molecule has 0 amide bonds. The number of nitrogens with zero attached hydrogens (tertiary/aromatic N) is 4. The summed E-state index contributed by atoms with van der Waals surface area (Å²) >= 11 is 0. The van der Waals surface area contributed by atoms with E-state index in [0.717, 1.165) is 17.3 Å². The Bertz CT molecular complexity index is 1040. The first-order valence-corrected chi connectivity index (χ1v) is 9.30. The molecule has 4 rings (SSSR count). The average molecular weight is 433 g/mol. The van der Waals surface area contributed by atoms with Crippen molar-refractivity contribution in [3.63, 3.8) is 0 Å². The molecular formula is C20H18F3N5O3. The van der Waals surface area contributed by atoms with Gasteiger partial charge in [-0.25, -0.2) is 15.0 Å². The second-order valence-corrected chi connectivity index (χ2v) is 6.68. The fourth-order valence-electron chi connectivity index (χ4n) is 2.76. The molecule has 1 aromatic carbocycles. The summed E-state index contributed by atoms with van der Waals surface area (Å²) in [5.74, 6) is -0.0131. The van der Waals surface area contributed by atoms with E-state index in [9.17, 15) is 13.2 Å². The van der Waals surface area contributed by atoms with Crippen LogP contribution in [0.1, 0.15) is 11.1 Å². The van der Waals surface area contributed by atoms with Crippen molar-refractivity contribution in [3.8, 4) is 23.0 Å². The lowest BCUT2D eigenvalue weighted by molar-refractivity contribution is -0.142. The van der Waals surface area contributed by atoms with Crippen molar-refractivity contribution in [2.45, 2.75) is 18.8 Å². The van der Waals surface area contributed by atoms with Crippen LogP contribution in [0.25, 0.3) is 11.3 Å². The van der Waals surface area contributed by atoms with Gasteiger partial charge in [0.05, 0.1) is 26.0 Å². The van der Waals surface area contributed by atoms with Crippen molar-refractivity contribution in [1.82, 2.24) is 19.9 Å². The maximum Gasteiger partial charge on any atom is 0.423 e. The second kappa shape index (κ2) is 8.72. The predicted molar refractivity (Wildman–Crippen MR) is 104 cm³/mol. The van der Waals surface area contributed by atoms with Crippen LogP contribution in [0.15, 0.2) is 42.9 Å². The Kier molecular flexibility index (Phi) is 5.85. The molecule has 0 atom stereocenters. The number of methoxy groups -OCH3 is 1. The first kappa shape index (κ1) is 20.8. The van der Waals surface area contributed by atoms with Crippen LogP contribution in [-0.2, 0) is 17.5 Å². The van der Waals surface area contributed by atoms with Gasteiger partial charge in [-0.2, -0.15) is 18.2 Å². The molecular weight excluding hydrogens is 415 g/mol. The second-order valence-electron chi connectivity index (χ2n) is 6.68. The van der Waals surface area contributed by atoms with Gasteiger partial charge in [0.2, 0.25) is 17.7 Å². The lowest BCUT2D eigenvalue weighted by atomic mass is 10.1. The molecule has 1 fully saturated rings. The van der Waals surface area contributed by atoms with Crippen molar-refractivity contribution in [1.29, 1.82) is 0 Å². The van der Waals surface area contributed by atoms with Crippen LogP contribution in [0.3, 0.4) is 0 Å². The van der Waals surface area contributed by atoms with Crippen molar-refractivity contribution in [2.75, 3.05) is 25.6 Å². The highest BCUT2D eigenvalue weighted by Gasteiger charge is 2.37. The topological polar surface area (TPSA) is 91.3 Å². The average Bonchev–Trinajstić information content (AvgIpc) is 2.74. The minimum absolute atomic E-state index is 0.0351. The van der Waals surface area contributed by atoms with Gasteiger partial charge < -0.3 is 19.5 Å². The van der Waals surface area contributed by atoms with Gasteiger partial charge in [-0.3, -0.25) is 0 Å². The van der Waals surface area contributed by atoms with E-state index in [1.165, 1.54) is 13.4 Å². The summed E-state index contributed by atoms with van der Waals surface area (Å²) in [6.45, 7) is 0.772. The lowest BCUT2D eigenvalue weighted by Gasteiger charge is -2.27. The molecule has 8 nitrogen and oxygen atoms in total. The molecule has 2 aromatic heterocycles. The number of halogens is 3. The number of anilines is 1. The van der Waals surface area contributed by atoms with Gasteiger partial charge in [0.1, 0.15) is 18.0 Å². The van der Waals surface area contributed by atoms with Gasteiger partial charge >= 0.3 is 6.18 Å². The minimum atomic E-state index is -4.61. The highest BCUT2D eigenvalue weighted by atomic mass is 19.4. The number of hydrogen-bond donors (Lipinski definition) is 1. The van der Waals surface area contributed by atoms with E-state index >= 15 is 0 Å². The van der Waals surface area contributed by atoms with Gasteiger partial charge in [0.25, 0.3) is 0 Å². The summed E-state index contributed by atoms with van der Waals surface area (Å²) in [5.41, 5.74) is 1.44. The van der Waals surface area contributed by atoms with E-state index in [-0.39, 0.29) is 19.2 Å². The summed E-state index contributed by atoms with van der Waals surface area (Å²) in [6, 6.07) is 9.20. The first-order valence-electron chi connectivity index (χ1n) is 9.30. The van der Waals surface area contributed by atoms with E-state index in [1.807, 2.05) is 24.3 Å². The molecule has 3 aromatic rings. The fourth-order valence-corrected chi connectivity index (χ4v) is 2.76. The third kappa shape index (κ3) is 5.00. The summed E-state index contributed by atoms with van der Waals surface area (Å²) in [4.78, 5) is 15.9. The molecule has 3 heterocycles. The van der Waals surface area contributed by atoms with Crippen LogP contribution >= 0.6 is 0 Å². The Morgan fingerprint density at radius 1 is 1.13 bits per heavy atom. The first-order chi connectivity index (χ1) is 14.9. The molecule has 11 heteroatoms. The molecule has 0 saturated carbocycles. The Labute approximate surface area is 175 Å². The third-order valence-corrected chi connectivity index (χ3v) is 4.50. The number of aromatic nitrogens is 4. The van der Waals surface area contributed by atoms with Crippen LogP contribution < -0.4 is 14.8 Å². The Balaban J connectivity index is 1.45. The van der Waals surface area contributed by atoms with E-state index in [0.29, 0.717) is 18.1 Å². The van der Waals surface area contributed by atoms with Crippen LogP contribution in [0, 0.1) is 0 Å². The molecule has 31 heavy (non-hydrogen) atoms. The molecule has 0 radical (unpaired) electrons. The number of nitrogens with one attached hydrogen (secondary N) is 1. The highest BCUT2D eigenvalue weighted by molar-refractivity contribution is 5.60. The SMILES string of the molecule is COc1cc(-c2ccc(CNc3ncc(C(F)(F)F)c(OC4COC4)n3)cc2)ncn1. The molecule has 1 aliphatic heterocycles. The van der Waals surface area contributed by atoms with Gasteiger partial charge in [0, 0.05) is 24.4 Å². The number of ether oxygens (including phenoxy) is 3. The monoisotopic (exact) mass is 433 g/mol. The van der Waals surface area contributed by atoms with E-state index in [4.69, 9.17) is 14.2 Å². The normalized spacial score (nSPS) is 14.1. The van der Waals surface area contributed by atoms with Crippen molar-refractivity contribution < 1.29 is 27.4 Å². The van der Waals surface area contributed by atoms with Gasteiger partial charge in [0.15, 0.2) is 0 Å². The summed E-state index contributed by atoms with van der Waals surface area (Å²) in [6.07, 6.45) is -2.92. The number of hydrogen-bond acceptors (Lipinski definition) is 8. The van der Waals surface area contributed by atoms with Crippen LogP contribution in [-0.4, -0.2) is 46.4 Å². The molecule has 0 bridgehead atoms. The summed E-state index contributed by atoms with van der Waals surface area (Å²) < 4.78 is 55.0. The van der Waals surface area contributed by atoms with Crippen molar-refractivity contribution >= 4 is 5.95 Å². The molecule has 0 spiro atoms. The maximum atomic E-state index is 13.2. The quantitative estimate of drug-likeness (QED) is 0.607. The zero-order valence-corrected chi connectivity index (χ0v) is 16.4. The minimum Gasteiger partial charge on any atom is -0.481 e. The summed E-state index contributed by atoms with van der Waals surface area (Å²) in [7, 11) is 1.53. The van der Waals surface area contributed by atoms with Gasteiger partial charge in [-0.05, 0) is 5.56 Å². The Morgan fingerprint density at radius 3 is 2.55 bits per heavy atom. The number of rotatable bonds is 7. The molecule has 1 N–H and O–H groups in total. The zero-order valence-electron chi connectivity index (χ0n) is 16.4. The number of benzene rings is 1. The fraction of sp³-hybridized carbons (Fsp3) is 0.300. The molecule has 1 aliphatic rings. The molecule has 1 saturated heterocycles. The van der Waals surface area contributed by atoms with Gasteiger partial charge in [-0.1, -0.05) is 24.3 Å². The number of alkyl halides is 3. The zero-order chi connectivity index (χ0) is 21.8. The van der Waals surface area contributed by atoms with Gasteiger partial charge in [-0.15, -0.1) is 0 Å². The highest BCUT2D eigenvalue weighted by Crippen LogP contribution is 2.36. The van der Waals surface area contributed by atoms with E-state index < -0.39 is 23.7 Å². The molecule has 0 unspecified atom stereocenters. The van der Waals surface area contributed by atoms with Crippen LogP contribution in [0.5, 0.6) is 11.8 Å². The summed E-state index contributed by atoms with van der Waals surface area (Å²) in [5, 5.41) is 2.92. The van der Waals surface area contributed by atoms with Crippen molar-refractivity contribution in [2.24, 2.45) is 0 Å². The molecule has 162 valence electrons. The third-order valence-electron chi connectivity index (χ3n) is 4.50. The smallest absolute Gasteiger partial charge is 0.423 e. The maximum absolute atomic E-state index is 13.2. The Morgan fingerprint density at radius 2 is 1.90 bits per heavy atom. The van der Waals surface area contributed by atoms with E-state index in [1.54, 1.807) is 6.07 Å². The standard InChI is InChI=1S/C20H18F3N5O3/c1-29-17-6-16(26-11-27-17)13-4-2-12(3-5-13)7-24-19-25-8-15(20(21,22)23)18(28-19)31-14-9-30-10-14/h2-6,8,11,14H,7,9-10H2,1H3,(H,24,25,28). The van der Waals surface area contributed by atoms with Crippen LogP contribution in [0.2, 0.25) is 0 Å². The van der Waals surface area contributed by atoms with Crippen LogP contribution in [0.4, 0.5) is 19.1 Å². The largest absolute Gasteiger partial charge is 0.481 e. The Hall–Kier alpha value is -3.47.